The molecule has 2 aromatic rings. The predicted octanol–water partition coefficient (Wildman–Crippen LogP) is 1.97. The lowest BCUT2D eigenvalue weighted by Crippen LogP contribution is -2.69. The van der Waals surface area contributed by atoms with Gasteiger partial charge in [0.2, 0.25) is 5.95 Å². The number of halogens is 1. The van der Waals surface area contributed by atoms with Gasteiger partial charge < -0.3 is 11.1 Å². The monoisotopic (exact) mass is 342 g/mol. The lowest BCUT2D eigenvalue weighted by Gasteiger charge is -2.63. The van der Waals surface area contributed by atoms with Gasteiger partial charge in [0, 0.05) is 30.9 Å². The van der Waals surface area contributed by atoms with E-state index < -0.39 is 5.82 Å². The molecule has 2 bridgehead atoms. The lowest BCUT2D eigenvalue weighted by atomic mass is 9.45. The van der Waals surface area contributed by atoms with E-state index in [1.54, 1.807) is 6.20 Å². The zero-order chi connectivity index (χ0) is 17.1. The van der Waals surface area contributed by atoms with Gasteiger partial charge in [-0.1, -0.05) is 0 Å². The van der Waals surface area contributed by atoms with Crippen molar-refractivity contribution < 1.29 is 4.39 Å². The molecule has 4 fully saturated rings. The van der Waals surface area contributed by atoms with Gasteiger partial charge in [0.15, 0.2) is 5.82 Å². The van der Waals surface area contributed by atoms with E-state index in [1.807, 2.05) is 11.7 Å². The van der Waals surface area contributed by atoms with Gasteiger partial charge in [0.25, 0.3) is 0 Å². The molecule has 2 aromatic heterocycles. The van der Waals surface area contributed by atoms with Gasteiger partial charge in [-0.2, -0.15) is 5.10 Å². The average Bonchev–Trinajstić information content (AvgIpc) is 3.31. The Bertz CT molecular complexity index is 804. The molecule has 6 rings (SSSR count). The first-order valence-corrected chi connectivity index (χ1v) is 9.15. The Labute approximate surface area is 146 Å². The smallest absolute Gasteiger partial charge is 0.223 e. The number of nitrogens with one attached hydrogen (secondary N) is 1. The molecular weight excluding hydrogens is 319 g/mol. The van der Waals surface area contributed by atoms with Crippen LogP contribution in [0.3, 0.4) is 0 Å². The largest absolute Gasteiger partial charge is 0.354 e. The van der Waals surface area contributed by atoms with Gasteiger partial charge in [-0.15, -0.1) is 0 Å². The van der Waals surface area contributed by atoms with E-state index in [4.69, 9.17) is 5.73 Å². The fourth-order valence-electron chi connectivity index (χ4n) is 4.30. The quantitative estimate of drug-likeness (QED) is 0.839. The highest BCUT2D eigenvalue weighted by molar-refractivity contribution is 5.63. The van der Waals surface area contributed by atoms with Crippen LogP contribution in [0.2, 0.25) is 0 Å². The topological polar surface area (TPSA) is 81.7 Å². The first kappa shape index (κ1) is 15.3. The summed E-state index contributed by atoms with van der Waals surface area (Å²) in [5, 5.41) is 7.59. The fourth-order valence-corrected chi connectivity index (χ4v) is 4.30. The van der Waals surface area contributed by atoms with Gasteiger partial charge in [-0.25, -0.2) is 14.4 Å². The highest BCUT2D eigenvalue weighted by atomic mass is 19.1. The Morgan fingerprint density at radius 1 is 1.32 bits per heavy atom. The number of aromatic nitrogens is 4. The van der Waals surface area contributed by atoms with Crippen molar-refractivity contribution in [2.24, 2.45) is 36.5 Å². The van der Waals surface area contributed by atoms with Crippen molar-refractivity contribution in [3.63, 3.8) is 0 Å². The zero-order valence-corrected chi connectivity index (χ0v) is 14.3. The van der Waals surface area contributed by atoms with Crippen LogP contribution < -0.4 is 11.1 Å². The van der Waals surface area contributed by atoms with Crippen LogP contribution in [0.1, 0.15) is 25.0 Å². The third kappa shape index (κ3) is 2.44. The Morgan fingerprint density at radius 3 is 2.80 bits per heavy atom. The number of hydrogen-bond donors (Lipinski definition) is 2. The van der Waals surface area contributed by atoms with Gasteiger partial charge >= 0.3 is 0 Å². The molecule has 0 aliphatic heterocycles. The number of rotatable bonds is 6. The molecule has 3 N–H and O–H groups in total. The lowest BCUT2D eigenvalue weighted by molar-refractivity contribution is -0.100. The van der Waals surface area contributed by atoms with Crippen molar-refractivity contribution in [3.05, 3.63) is 23.9 Å². The second kappa shape index (κ2) is 5.49. The summed E-state index contributed by atoms with van der Waals surface area (Å²) in [7, 11) is 1.91. The summed E-state index contributed by atoms with van der Waals surface area (Å²) in [5.74, 6) is 2.69. The van der Waals surface area contributed by atoms with Crippen molar-refractivity contribution in [2.75, 3.05) is 11.9 Å². The van der Waals surface area contributed by atoms with Gasteiger partial charge in [0.05, 0.1) is 12.4 Å². The predicted molar refractivity (Wildman–Crippen MR) is 92.2 cm³/mol. The molecule has 132 valence electrons. The molecule has 0 aromatic carbocycles. The summed E-state index contributed by atoms with van der Waals surface area (Å²) in [6.45, 7) is 0.816. The van der Waals surface area contributed by atoms with Crippen molar-refractivity contribution in [1.82, 2.24) is 19.7 Å². The van der Waals surface area contributed by atoms with Gasteiger partial charge in [-0.3, -0.25) is 4.68 Å². The van der Waals surface area contributed by atoms with Crippen molar-refractivity contribution in [3.8, 4) is 11.3 Å². The number of anilines is 1. The third-order valence-corrected chi connectivity index (χ3v) is 6.37. The minimum Gasteiger partial charge on any atom is -0.354 e. The summed E-state index contributed by atoms with van der Waals surface area (Å²) in [5.41, 5.74) is 8.18. The molecule has 4 aliphatic carbocycles. The van der Waals surface area contributed by atoms with E-state index in [-0.39, 0.29) is 0 Å². The number of nitrogens with zero attached hydrogens (tertiary/aromatic N) is 4. The first-order chi connectivity index (χ1) is 12.1. The van der Waals surface area contributed by atoms with Crippen LogP contribution in [0.25, 0.3) is 11.3 Å². The van der Waals surface area contributed by atoms with Crippen molar-refractivity contribution in [2.45, 2.75) is 31.7 Å². The van der Waals surface area contributed by atoms with Crippen LogP contribution in [-0.2, 0) is 13.5 Å². The molecule has 2 unspecified atom stereocenters. The minimum atomic E-state index is -0.399. The average molecular weight is 342 g/mol. The Morgan fingerprint density at radius 2 is 2.12 bits per heavy atom. The standard InChI is InChI=1S/C18H23FN6/c1-25-15(4-9-2-3-9)13(7-23-25)17-14(19)8-22-18(24-17)21-6-12-10-5-11(12)16(10)20/h7-12,16H,2-6,20H2,1H3,(H,21,22,24). The minimum absolute atomic E-state index is 0.344. The summed E-state index contributed by atoms with van der Waals surface area (Å²) >= 11 is 0. The third-order valence-electron chi connectivity index (χ3n) is 6.37. The maximum Gasteiger partial charge on any atom is 0.223 e. The zero-order valence-electron chi connectivity index (χ0n) is 14.3. The SMILES string of the molecule is Cn1ncc(-c2nc(NCC3C4CC3C4N)ncc2F)c1CC1CC1. The van der Waals surface area contributed by atoms with Crippen molar-refractivity contribution in [1.29, 1.82) is 0 Å². The first-order valence-electron chi connectivity index (χ1n) is 9.15. The van der Waals surface area contributed by atoms with Gasteiger partial charge in [0.1, 0.15) is 5.69 Å². The van der Waals surface area contributed by atoms with E-state index in [1.165, 1.54) is 25.5 Å². The summed E-state index contributed by atoms with van der Waals surface area (Å²) in [6, 6.07) is 0.386. The normalized spacial score (nSPS) is 29.9. The Kier molecular flexibility index (Phi) is 3.35. The summed E-state index contributed by atoms with van der Waals surface area (Å²) < 4.78 is 16.2. The van der Waals surface area contributed by atoms with Gasteiger partial charge in [-0.05, 0) is 49.4 Å². The molecule has 0 spiro atoms. The highest BCUT2D eigenvalue weighted by Crippen LogP contribution is 2.57. The molecule has 7 heteroatoms. The second-order valence-electron chi connectivity index (χ2n) is 7.85. The molecule has 2 heterocycles. The molecule has 0 radical (unpaired) electrons. The van der Waals surface area contributed by atoms with E-state index in [2.05, 4.69) is 20.4 Å². The maximum atomic E-state index is 14.4. The summed E-state index contributed by atoms with van der Waals surface area (Å²) in [4.78, 5) is 8.56. The van der Waals surface area contributed by atoms with Crippen molar-refractivity contribution >= 4 is 5.95 Å². The van der Waals surface area contributed by atoms with Crippen LogP contribution in [-0.4, -0.2) is 32.3 Å². The van der Waals surface area contributed by atoms with Crippen LogP contribution >= 0.6 is 0 Å². The number of aryl methyl sites for hydroxylation is 1. The molecule has 6 nitrogen and oxygen atoms in total. The van der Waals surface area contributed by atoms with Crippen LogP contribution in [0.15, 0.2) is 12.4 Å². The second-order valence-corrected chi connectivity index (χ2v) is 7.85. The molecule has 4 aliphatic rings. The molecule has 0 saturated heterocycles. The molecule has 25 heavy (non-hydrogen) atoms. The van der Waals surface area contributed by atoms with Crippen LogP contribution in [0, 0.1) is 29.5 Å². The Hall–Kier alpha value is -2.02. The molecule has 4 saturated carbocycles. The highest BCUT2D eigenvalue weighted by Gasteiger charge is 2.58. The summed E-state index contributed by atoms with van der Waals surface area (Å²) in [6.07, 6.45) is 7.65. The van der Waals surface area contributed by atoms with Crippen LogP contribution in [0.4, 0.5) is 10.3 Å². The Balaban J connectivity index is 1.36. The number of hydrogen-bond acceptors (Lipinski definition) is 5. The molecular formula is C18H23FN6. The van der Waals surface area contributed by atoms with E-state index >= 15 is 0 Å². The number of nitrogens with two attached hydrogens (primary N) is 1. The van der Waals surface area contributed by atoms with E-state index in [0.29, 0.717) is 41.4 Å². The maximum absolute atomic E-state index is 14.4. The molecule has 2 atom stereocenters. The van der Waals surface area contributed by atoms with E-state index in [9.17, 15) is 4.39 Å². The van der Waals surface area contributed by atoms with E-state index in [0.717, 1.165) is 24.2 Å². The fraction of sp³-hybridized carbons (Fsp3) is 0.611. The van der Waals surface area contributed by atoms with Crippen LogP contribution in [0.5, 0.6) is 0 Å². The molecule has 0 amide bonds.